The molecule has 11 aromatic rings. The lowest BCUT2D eigenvalue weighted by Crippen LogP contribution is -2.28. The SMILES string of the molecule is c1ccc(-c2nc(-c3cccc(-c4ccc5c(c4)C(c4ccccc4)(c4ccccc4)c4ccccc4-5)c3)cc(-c3cccc(-c4ccc5c(c4)sc4ccccc45)c3)n2)cc1. The van der Waals surface area contributed by atoms with Gasteiger partial charge >= 0.3 is 0 Å². The Morgan fingerprint density at radius 1 is 0.306 bits per heavy atom. The van der Waals surface area contributed by atoms with Crippen molar-refractivity contribution in [2.24, 2.45) is 0 Å². The minimum Gasteiger partial charge on any atom is -0.228 e. The van der Waals surface area contributed by atoms with Crippen molar-refractivity contribution in [2.45, 2.75) is 5.41 Å². The van der Waals surface area contributed by atoms with Gasteiger partial charge in [-0.25, -0.2) is 9.97 Å². The first-order chi connectivity index (χ1) is 30.7. The van der Waals surface area contributed by atoms with Gasteiger partial charge in [0.15, 0.2) is 5.82 Å². The topological polar surface area (TPSA) is 25.8 Å². The van der Waals surface area contributed by atoms with Crippen LogP contribution in [-0.2, 0) is 5.41 Å². The maximum Gasteiger partial charge on any atom is 0.160 e. The van der Waals surface area contributed by atoms with E-state index in [0.717, 1.165) is 44.8 Å². The van der Waals surface area contributed by atoms with E-state index in [-0.39, 0.29) is 0 Å². The highest BCUT2D eigenvalue weighted by Crippen LogP contribution is 2.56. The lowest BCUT2D eigenvalue weighted by atomic mass is 9.67. The van der Waals surface area contributed by atoms with Crippen LogP contribution in [0.1, 0.15) is 22.3 Å². The summed E-state index contributed by atoms with van der Waals surface area (Å²) in [5, 5.41) is 2.62. The van der Waals surface area contributed by atoms with Gasteiger partial charge in [0.1, 0.15) is 0 Å². The molecule has 2 aromatic heterocycles. The zero-order valence-corrected chi connectivity index (χ0v) is 34.6. The van der Waals surface area contributed by atoms with Crippen molar-refractivity contribution >= 4 is 31.5 Å². The molecule has 0 bridgehead atoms. The van der Waals surface area contributed by atoms with Crippen LogP contribution in [0.4, 0.5) is 0 Å². The van der Waals surface area contributed by atoms with E-state index in [1.54, 1.807) is 0 Å². The summed E-state index contributed by atoms with van der Waals surface area (Å²) in [6, 6.07) is 83.5. The van der Waals surface area contributed by atoms with Crippen molar-refractivity contribution in [1.29, 1.82) is 0 Å². The number of nitrogens with zero attached hydrogens (tertiary/aromatic N) is 2. The van der Waals surface area contributed by atoms with Crippen molar-refractivity contribution in [3.63, 3.8) is 0 Å². The second-order valence-corrected chi connectivity index (χ2v) is 17.2. The Bertz CT molecular complexity index is 3420. The predicted octanol–water partition coefficient (Wildman–Crippen LogP) is 15.5. The molecule has 12 rings (SSSR count). The zero-order chi connectivity index (χ0) is 41.0. The maximum atomic E-state index is 5.25. The summed E-state index contributed by atoms with van der Waals surface area (Å²) < 4.78 is 2.61. The van der Waals surface area contributed by atoms with E-state index in [2.05, 4.69) is 212 Å². The van der Waals surface area contributed by atoms with Crippen LogP contribution < -0.4 is 0 Å². The molecule has 0 amide bonds. The molecule has 1 aliphatic carbocycles. The highest BCUT2D eigenvalue weighted by molar-refractivity contribution is 7.25. The minimum atomic E-state index is -0.466. The van der Waals surface area contributed by atoms with Gasteiger partial charge in [-0.2, -0.15) is 0 Å². The average Bonchev–Trinajstić information content (AvgIpc) is 3.88. The first-order valence-corrected chi connectivity index (χ1v) is 22.0. The molecule has 0 atom stereocenters. The van der Waals surface area contributed by atoms with Crippen molar-refractivity contribution in [2.75, 3.05) is 0 Å². The molecule has 0 saturated heterocycles. The third kappa shape index (κ3) is 5.93. The summed E-state index contributed by atoms with van der Waals surface area (Å²) in [7, 11) is 0. The Morgan fingerprint density at radius 2 is 0.806 bits per heavy atom. The van der Waals surface area contributed by atoms with Crippen LogP contribution in [-0.4, -0.2) is 9.97 Å². The van der Waals surface area contributed by atoms with Crippen LogP contribution in [0.3, 0.4) is 0 Å². The van der Waals surface area contributed by atoms with E-state index in [9.17, 15) is 0 Å². The molecule has 0 radical (unpaired) electrons. The van der Waals surface area contributed by atoms with Gasteiger partial charge in [-0.1, -0.05) is 194 Å². The highest BCUT2D eigenvalue weighted by atomic mass is 32.1. The predicted molar refractivity (Wildman–Crippen MR) is 259 cm³/mol. The Kier molecular flexibility index (Phi) is 8.62. The molecule has 1 aliphatic rings. The second-order valence-electron chi connectivity index (χ2n) is 16.1. The quantitative estimate of drug-likeness (QED) is 0.160. The van der Waals surface area contributed by atoms with Crippen molar-refractivity contribution in [3.8, 4) is 67.3 Å². The highest BCUT2D eigenvalue weighted by Gasteiger charge is 2.46. The molecule has 2 nitrogen and oxygen atoms in total. The first-order valence-electron chi connectivity index (χ1n) is 21.1. The Morgan fingerprint density at radius 3 is 1.50 bits per heavy atom. The zero-order valence-electron chi connectivity index (χ0n) is 33.7. The fraction of sp³-hybridized carbons (Fsp3) is 0.0169. The van der Waals surface area contributed by atoms with Crippen molar-refractivity contribution in [1.82, 2.24) is 9.97 Å². The largest absolute Gasteiger partial charge is 0.228 e. The fourth-order valence-corrected chi connectivity index (χ4v) is 10.9. The lowest BCUT2D eigenvalue weighted by molar-refractivity contribution is 0.769. The molecule has 3 heteroatoms. The van der Waals surface area contributed by atoms with E-state index in [1.807, 2.05) is 29.5 Å². The van der Waals surface area contributed by atoms with Crippen molar-refractivity contribution in [3.05, 3.63) is 253 Å². The lowest BCUT2D eigenvalue weighted by Gasteiger charge is -2.34. The van der Waals surface area contributed by atoms with Crippen LogP contribution in [0.15, 0.2) is 231 Å². The van der Waals surface area contributed by atoms with E-state index in [1.165, 1.54) is 59.1 Å². The Balaban J connectivity index is 0.978. The number of thiophene rings is 1. The Labute approximate surface area is 365 Å². The molecule has 0 unspecified atom stereocenters. The third-order valence-corrected chi connectivity index (χ3v) is 13.7. The van der Waals surface area contributed by atoms with Crippen molar-refractivity contribution < 1.29 is 0 Å². The number of hydrogen-bond donors (Lipinski definition) is 0. The third-order valence-electron chi connectivity index (χ3n) is 12.6. The van der Waals surface area contributed by atoms with Crippen LogP contribution >= 0.6 is 11.3 Å². The molecule has 62 heavy (non-hydrogen) atoms. The molecular weight excluding hydrogens is 769 g/mol. The smallest absolute Gasteiger partial charge is 0.160 e. The van der Waals surface area contributed by atoms with Gasteiger partial charge in [0.05, 0.1) is 16.8 Å². The molecule has 0 N–H and O–H groups in total. The minimum absolute atomic E-state index is 0.466. The summed E-state index contributed by atoms with van der Waals surface area (Å²) in [4.78, 5) is 10.5. The van der Waals surface area contributed by atoms with Crippen LogP contribution in [0.2, 0.25) is 0 Å². The second kappa shape index (κ2) is 14.8. The number of hydrogen-bond acceptors (Lipinski definition) is 3. The standard InChI is InChI=1S/C59H38N2S/c1-4-16-39(17-5-1)58-60-54(38-55(61-58)45-21-15-19-41(35-45)43-31-33-51-50-27-11-13-29-56(50)62-57(51)37-43)44-20-14-18-40(34-44)42-30-32-49-48-26-10-12-28-52(48)59(53(49)36-42,46-22-6-2-7-23-46)47-24-8-3-9-25-47/h1-38H. The van der Waals surface area contributed by atoms with Gasteiger partial charge < -0.3 is 0 Å². The molecule has 0 aliphatic heterocycles. The monoisotopic (exact) mass is 806 g/mol. The van der Waals surface area contributed by atoms with Gasteiger partial charge in [-0.05, 0) is 92.0 Å². The summed E-state index contributed by atoms with van der Waals surface area (Å²) in [6.07, 6.45) is 0. The summed E-state index contributed by atoms with van der Waals surface area (Å²) in [5.74, 6) is 0.700. The average molecular weight is 807 g/mol. The van der Waals surface area contributed by atoms with Gasteiger partial charge in [0, 0.05) is 36.9 Å². The van der Waals surface area contributed by atoms with Gasteiger partial charge in [0.2, 0.25) is 0 Å². The number of aromatic nitrogens is 2. The molecule has 0 fully saturated rings. The van der Waals surface area contributed by atoms with Gasteiger partial charge in [0.25, 0.3) is 0 Å². The number of rotatable bonds is 7. The molecule has 290 valence electrons. The molecule has 0 spiro atoms. The van der Waals surface area contributed by atoms with Crippen LogP contribution in [0.25, 0.3) is 87.5 Å². The molecular formula is C59H38N2S. The van der Waals surface area contributed by atoms with Gasteiger partial charge in [-0.15, -0.1) is 11.3 Å². The molecule has 0 saturated carbocycles. The van der Waals surface area contributed by atoms with E-state index in [0.29, 0.717) is 5.82 Å². The molecule has 9 aromatic carbocycles. The Hall–Kier alpha value is -7.72. The fourth-order valence-electron chi connectivity index (χ4n) is 9.70. The normalized spacial score (nSPS) is 12.6. The van der Waals surface area contributed by atoms with E-state index in [4.69, 9.17) is 9.97 Å². The van der Waals surface area contributed by atoms with E-state index < -0.39 is 5.41 Å². The molecule has 2 heterocycles. The number of fused-ring (bicyclic) bond motifs is 6. The van der Waals surface area contributed by atoms with Crippen LogP contribution in [0.5, 0.6) is 0 Å². The summed E-state index contributed by atoms with van der Waals surface area (Å²) in [6.45, 7) is 0. The summed E-state index contributed by atoms with van der Waals surface area (Å²) >= 11 is 1.85. The first kappa shape index (κ1) is 36.2. The van der Waals surface area contributed by atoms with Gasteiger partial charge in [-0.3, -0.25) is 0 Å². The van der Waals surface area contributed by atoms with Crippen LogP contribution in [0, 0.1) is 0 Å². The number of benzene rings is 9. The van der Waals surface area contributed by atoms with E-state index >= 15 is 0 Å². The maximum absolute atomic E-state index is 5.25. The summed E-state index contributed by atoms with van der Waals surface area (Å²) in [5.41, 5.74) is 16.7.